The highest BCUT2D eigenvalue weighted by Gasteiger charge is 2.16. The SMILES string of the molecule is CC.CNc1c([N+](=O)[O-])cnc2ccc(C)cc12. The molecule has 0 spiro atoms. The fourth-order valence-electron chi connectivity index (χ4n) is 1.70. The third-order valence-corrected chi connectivity index (χ3v) is 2.45. The standard InChI is InChI=1S/C11H11N3O2.C2H6/c1-7-3-4-9-8(5-7)11(12-2)10(6-13-9)14(15)16;1-2/h3-6H,1-2H3,(H,12,13);1-2H3. The maximum Gasteiger partial charge on any atom is 0.311 e. The molecule has 1 aromatic heterocycles. The Kier molecular flexibility index (Phi) is 4.59. The molecule has 0 amide bonds. The number of hydrogen-bond donors (Lipinski definition) is 1. The number of aryl methyl sites for hydroxylation is 1. The molecule has 0 aliphatic rings. The molecule has 0 radical (unpaired) electrons. The van der Waals surface area contributed by atoms with Crippen LogP contribution < -0.4 is 5.32 Å². The minimum Gasteiger partial charge on any atom is -0.382 e. The van der Waals surface area contributed by atoms with Crippen LogP contribution in [0.5, 0.6) is 0 Å². The zero-order chi connectivity index (χ0) is 13.7. The molecule has 0 atom stereocenters. The molecule has 5 heteroatoms. The predicted molar refractivity (Wildman–Crippen MR) is 74.0 cm³/mol. The Balaban J connectivity index is 0.000000771. The molecule has 18 heavy (non-hydrogen) atoms. The third kappa shape index (κ3) is 2.56. The lowest BCUT2D eigenvalue weighted by Crippen LogP contribution is -1.99. The Hall–Kier alpha value is -2.17. The van der Waals surface area contributed by atoms with Gasteiger partial charge < -0.3 is 5.32 Å². The summed E-state index contributed by atoms with van der Waals surface area (Å²) in [4.78, 5) is 14.5. The second kappa shape index (κ2) is 5.95. The molecule has 1 N–H and O–H groups in total. The van der Waals surface area contributed by atoms with Crippen LogP contribution in [0.25, 0.3) is 10.9 Å². The van der Waals surface area contributed by atoms with Crippen LogP contribution in [-0.4, -0.2) is 17.0 Å². The van der Waals surface area contributed by atoms with E-state index in [-0.39, 0.29) is 5.69 Å². The van der Waals surface area contributed by atoms with E-state index in [4.69, 9.17) is 0 Å². The first-order valence-corrected chi connectivity index (χ1v) is 5.85. The van der Waals surface area contributed by atoms with Gasteiger partial charge in [-0.25, -0.2) is 4.98 Å². The highest BCUT2D eigenvalue weighted by Crippen LogP contribution is 2.31. The van der Waals surface area contributed by atoms with E-state index in [0.717, 1.165) is 16.5 Å². The highest BCUT2D eigenvalue weighted by molar-refractivity contribution is 5.95. The summed E-state index contributed by atoms with van der Waals surface area (Å²) in [6.07, 6.45) is 1.28. The van der Waals surface area contributed by atoms with Gasteiger partial charge in [0, 0.05) is 12.4 Å². The lowest BCUT2D eigenvalue weighted by atomic mass is 10.1. The van der Waals surface area contributed by atoms with Crippen molar-refractivity contribution in [2.45, 2.75) is 20.8 Å². The largest absolute Gasteiger partial charge is 0.382 e. The molecule has 0 saturated carbocycles. The molecule has 0 unspecified atom stereocenters. The van der Waals surface area contributed by atoms with Crippen LogP contribution in [-0.2, 0) is 0 Å². The van der Waals surface area contributed by atoms with Crippen LogP contribution in [0.3, 0.4) is 0 Å². The van der Waals surface area contributed by atoms with Crippen molar-refractivity contribution in [3.05, 3.63) is 40.1 Å². The molecular formula is C13H17N3O2. The molecule has 0 aliphatic heterocycles. The Labute approximate surface area is 106 Å². The van der Waals surface area contributed by atoms with Gasteiger partial charge in [0.2, 0.25) is 0 Å². The summed E-state index contributed by atoms with van der Waals surface area (Å²) in [6.45, 7) is 5.94. The van der Waals surface area contributed by atoms with Crippen LogP contribution in [0, 0.1) is 17.0 Å². The van der Waals surface area contributed by atoms with Gasteiger partial charge in [-0.15, -0.1) is 0 Å². The molecule has 0 fully saturated rings. The lowest BCUT2D eigenvalue weighted by molar-refractivity contribution is -0.384. The topological polar surface area (TPSA) is 68.1 Å². The van der Waals surface area contributed by atoms with Crippen molar-refractivity contribution < 1.29 is 4.92 Å². The van der Waals surface area contributed by atoms with E-state index in [0.29, 0.717) is 5.69 Å². The number of anilines is 1. The number of rotatable bonds is 2. The molecule has 5 nitrogen and oxygen atoms in total. The van der Waals surface area contributed by atoms with Gasteiger partial charge in [0.1, 0.15) is 11.9 Å². The van der Waals surface area contributed by atoms with Crippen molar-refractivity contribution >= 4 is 22.3 Å². The minimum atomic E-state index is -0.430. The number of nitrogens with one attached hydrogen (secondary N) is 1. The van der Waals surface area contributed by atoms with Crippen LogP contribution in [0.1, 0.15) is 19.4 Å². The van der Waals surface area contributed by atoms with Crippen molar-refractivity contribution in [2.24, 2.45) is 0 Å². The Morgan fingerprint density at radius 2 is 2.00 bits per heavy atom. The Morgan fingerprint density at radius 3 is 2.56 bits per heavy atom. The molecule has 96 valence electrons. The molecule has 1 heterocycles. The van der Waals surface area contributed by atoms with E-state index in [1.54, 1.807) is 7.05 Å². The van der Waals surface area contributed by atoms with Gasteiger partial charge in [-0.1, -0.05) is 25.5 Å². The molecular weight excluding hydrogens is 230 g/mol. The van der Waals surface area contributed by atoms with Crippen molar-refractivity contribution in [3.8, 4) is 0 Å². The van der Waals surface area contributed by atoms with Gasteiger partial charge in [0.05, 0.1) is 10.4 Å². The number of fused-ring (bicyclic) bond motifs is 1. The number of benzene rings is 1. The van der Waals surface area contributed by atoms with Gasteiger partial charge in [0.25, 0.3) is 0 Å². The zero-order valence-electron chi connectivity index (χ0n) is 11.0. The minimum absolute atomic E-state index is 0.000556. The number of aromatic nitrogens is 1. The second-order valence-corrected chi connectivity index (χ2v) is 3.55. The normalized spacial score (nSPS) is 9.56. The van der Waals surface area contributed by atoms with Gasteiger partial charge in [-0.05, 0) is 19.1 Å². The van der Waals surface area contributed by atoms with Gasteiger partial charge in [-0.3, -0.25) is 10.1 Å². The third-order valence-electron chi connectivity index (χ3n) is 2.45. The first kappa shape index (κ1) is 13.9. The summed E-state index contributed by atoms with van der Waals surface area (Å²) in [7, 11) is 1.67. The molecule has 2 rings (SSSR count). The summed E-state index contributed by atoms with van der Waals surface area (Å²) in [5.41, 5.74) is 2.31. The average molecular weight is 247 g/mol. The van der Waals surface area contributed by atoms with E-state index in [2.05, 4.69) is 10.3 Å². The first-order chi connectivity index (χ1) is 8.63. The van der Waals surface area contributed by atoms with Crippen molar-refractivity contribution in [1.82, 2.24) is 4.98 Å². The molecule has 2 aromatic rings. The van der Waals surface area contributed by atoms with E-state index < -0.39 is 4.92 Å². The first-order valence-electron chi connectivity index (χ1n) is 5.85. The molecule has 0 aliphatic carbocycles. The van der Waals surface area contributed by atoms with Crippen LogP contribution in [0.15, 0.2) is 24.4 Å². The predicted octanol–water partition coefficient (Wildman–Crippen LogP) is 3.52. The quantitative estimate of drug-likeness (QED) is 0.651. The molecule has 1 aromatic carbocycles. The number of nitro groups is 1. The van der Waals surface area contributed by atoms with Crippen LogP contribution in [0.4, 0.5) is 11.4 Å². The van der Waals surface area contributed by atoms with Crippen molar-refractivity contribution in [2.75, 3.05) is 12.4 Å². The van der Waals surface area contributed by atoms with Gasteiger partial charge >= 0.3 is 5.69 Å². The summed E-state index contributed by atoms with van der Waals surface area (Å²) in [5.74, 6) is 0. The second-order valence-electron chi connectivity index (χ2n) is 3.55. The fraction of sp³-hybridized carbons (Fsp3) is 0.308. The van der Waals surface area contributed by atoms with E-state index >= 15 is 0 Å². The molecule has 0 saturated heterocycles. The average Bonchev–Trinajstić information content (AvgIpc) is 2.39. The number of pyridine rings is 1. The highest BCUT2D eigenvalue weighted by atomic mass is 16.6. The van der Waals surface area contributed by atoms with Crippen LogP contribution >= 0.6 is 0 Å². The fourth-order valence-corrected chi connectivity index (χ4v) is 1.70. The van der Waals surface area contributed by atoms with Crippen LogP contribution in [0.2, 0.25) is 0 Å². The monoisotopic (exact) mass is 247 g/mol. The lowest BCUT2D eigenvalue weighted by Gasteiger charge is -2.06. The van der Waals surface area contributed by atoms with Gasteiger partial charge in [-0.2, -0.15) is 0 Å². The van der Waals surface area contributed by atoms with Gasteiger partial charge in [0.15, 0.2) is 0 Å². The summed E-state index contributed by atoms with van der Waals surface area (Å²) >= 11 is 0. The maximum absolute atomic E-state index is 10.8. The maximum atomic E-state index is 10.8. The number of hydrogen-bond acceptors (Lipinski definition) is 4. The zero-order valence-corrected chi connectivity index (χ0v) is 11.0. The van der Waals surface area contributed by atoms with E-state index in [9.17, 15) is 10.1 Å². The molecule has 0 bridgehead atoms. The Bertz CT molecular complexity index is 567. The Morgan fingerprint density at radius 1 is 1.33 bits per heavy atom. The summed E-state index contributed by atoms with van der Waals surface area (Å²) < 4.78 is 0. The van der Waals surface area contributed by atoms with E-state index in [1.165, 1.54) is 6.20 Å². The van der Waals surface area contributed by atoms with E-state index in [1.807, 2.05) is 39.0 Å². The summed E-state index contributed by atoms with van der Waals surface area (Å²) in [5, 5.41) is 14.5. The smallest absolute Gasteiger partial charge is 0.311 e. The number of nitrogens with zero attached hydrogens (tertiary/aromatic N) is 2. The van der Waals surface area contributed by atoms with Crippen molar-refractivity contribution in [3.63, 3.8) is 0 Å². The summed E-state index contributed by atoms with van der Waals surface area (Å²) in [6, 6.07) is 5.68. The van der Waals surface area contributed by atoms with Crippen molar-refractivity contribution in [1.29, 1.82) is 0 Å².